The maximum Gasteiger partial charge on any atom is 0.234 e. The molecule has 2 atom stereocenters. The Labute approximate surface area is 129 Å². The van der Waals surface area contributed by atoms with Crippen LogP contribution in [0.25, 0.3) is 0 Å². The van der Waals surface area contributed by atoms with Crippen molar-refractivity contribution in [2.24, 2.45) is 5.73 Å². The Kier molecular flexibility index (Phi) is 6.71. The summed E-state index contributed by atoms with van der Waals surface area (Å²) in [5.41, 5.74) is 7.57. The van der Waals surface area contributed by atoms with Gasteiger partial charge in [0.1, 0.15) is 0 Å². The van der Waals surface area contributed by atoms with Crippen LogP contribution in [0.4, 0.5) is 0 Å². The van der Waals surface area contributed by atoms with Crippen LogP contribution in [0.3, 0.4) is 0 Å². The molecule has 120 valence electrons. The molecular formula is C17H31N3O. The standard InChI is InChI=1S/C17H31N3O/c1-14(18)16-9-5-6-12-20(16)13-17(21)19-11-10-15-7-3-2-4-8-15/h7,14,16H,2-6,8-13,18H2,1H3,(H,19,21). The van der Waals surface area contributed by atoms with Gasteiger partial charge in [0, 0.05) is 18.6 Å². The summed E-state index contributed by atoms with van der Waals surface area (Å²) in [4.78, 5) is 14.4. The predicted molar refractivity (Wildman–Crippen MR) is 87.0 cm³/mol. The van der Waals surface area contributed by atoms with Crippen molar-refractivity contribution in [3.05, 3.63) is 11.6 Å². The molecule has 0 spiro atoms. The first-order valence-electron chi connectivity index (χ1n) is 8.61. The van der Waals surface area contributed by atoms with Gasteiger partial charge in [-0.25, -0.2) is 0 Å². The lowest BCUT2D eigenvalue weighted by Gasteiger charge is -2.37. The quantitative estimate of drug-likeness (QED) is 0.738. The van der Waals surface area contributed by atoms with Gasteiger partial charge in [0.15, 0.2) is 0 Å². The van der Waals surface area contributed by atoms with Gasteiger partial charge in [0.25, 0.3) is 0 Å². The van der Waals surface area contributed by atoms with E-state index in [2.05, 4.69) is 23.2 Å². The summed E-state index contributed by atoms with van der Waals surface area (Å²) in [7, 11) is 0. The highest BCUT2D eigenvalue weighted by molar-refractivity contribution is 5.78. The van der Waals surface area contributed by atoms with Crippen LogP contribution in [-0.2, 0) is 4.79 Å². The van der Waals surface area contributed by atoms with Crippen LogP contribution in [0.5, 0.6) is 0 Å². The maximum absolute atomic E-state index is 12.1. The fourth-order valence-corrected chi connectivity index (χ4v) is 3.54. The molecular weight excluding hydrogens is 262 g/mol. The molecule has 4 nitrogen and oxygen atoms in total. The van der Waals surface area contributed by atoms with E-state index in [0.29, 0.717) is 12.6 Å². The Morgan fingerprint density at radius 1 is 1.43 bits per heavy atom. The number of nitrogens with one attached hydrogen (secondary N) is 1. The number of likely N-dealkylation sites (tertiary alicyclic amines) is 1. The summed E-state index contributed by atoms with van der Waals surface area (Å²) in [6.45, 7) is 4.34. The minimum atomic E-state index is 0.144. The second-order valence-electron chi connectivity index (χ2n) is 6.60. The van der Waals surface area contributed by atoms with E-state index in [-0.39, 0.29) is 11.9 Å². The summed E-state index contributed by atoms with van der Waals surface area (Å²) in [6.07, 6.45) is 12.0. The van der Waals surface area contributed by atoms with Crippen molar-refractivity contribution in [1.29, 1.82) is 0 Å². The smallest absolute Gasteiger partial charge is 0.234 e. The van der Waals surface area contributed by atoms with Crippen LogP contribution >= 0.6 is 0 Å². The van der Waals surface area contributed by atoms with Crippen LogP contribution in [0.1, 0.15) is 58.3 Å². The molecule has 1 saturated heterocycles. The number of nitrogens with zero attached hydrogens (tertiary/aromatic N) is 1. The zero-order chi connectivity index (χ0) is 15.1. The molecule has 2 aliphatic rings. The van der Waals surface area contributed by atoms with Crippen LogP contribution < -0.4 is 11.1 Å². The van der Waals surface area contributed by atoms with Gasteiger partial charge < -0.3 is 11.1 Å². The number of piperidine rings is 1. The van der Waals surface area contributed by atoms with Crippen LogP contribution in [-0.4, -0.2) is 42.5 Å². The third-order valence-corrected chi connectivity index (χ3v) is 4.77. The van der Waals surface area contributed by atoms with E-state index in [1.807, 2.05) is 0 Å². The lowest BCUT2D eigenvalue weighted by Crippen LogP contribution is -2.52. The van der Waals surface area contributed by atoms with Gasteiger partial charge >= 0.3 is 0 Å². The molecule has 1 fully saturated rings. The lowest BCUT2D eigenvalue weighted by atomic mass is 9.97. The minimum Gasteiger partial charge on any atom is -0.355 e. The number of hydrogen-bond donors (Lipinski definition) is 2. The molecule has 1 amide bonds. The van der Waals surface area contributed by atoms with Crippen LogP contribution in [0.15, 0.2) is 11.6 Å². The summed E-state index contributed by atoms with van der Waals surface area (Å²) in [5, 5.41) is 3.07. The third kappa shape index (κ3) is 5.44. The van der Waals surface area contributed by atoms with Crippen molar-refractivity contribution in [3.63, 3.8) is 0 Å². The van der Waals surface area contributed by atoms with Crippen molar-refractivity contribution in [3.8, 4) is 0 Å². The highest BCUT2D eigenvalue weighted by Crippen LogP contribution is 2.20. The molecule has 4 heteroatoms. The van der Waals surface area contributed by atoms with E-state index in [1.54, 1.807) is 0 Å². The molecule has 0 saturated carbocycles. The maximum atomic E-state index is 12.1. The van der Waals surface area contributed by atoms with E-state index in [9.17, 15) is 4.79 Å². The van der Waals surface area contributed by atoms with Gasteiger partial charge in [-0.3, -0.25) is 9.69 Å². The Balaban J connectivity index is 1.69. The molecule has 0 radical (unpaired) electrons. The first-order chi connectivity index (χ1) is 10.2. The second kappa shape index (κ2) is 8.54. The Morgan fingerprint density at radius 3 is 3.00 bits per heavy atom. The van der Waals surface area contributed by atoms with E-state index in [4.69, 9.17) is 5.73 Å². The molecule has 0 aromatic heterocycles. The molecule has 1 aliphatic heterocycles. The number of amides is 1. The molecule has 1 heterocycles. The van der Waals surface area contributed by atoms with Crippen molar-refractivity contribution in [2.45, 2.75) is 70.4 Å². The van der Waals surface area contributed by atoms with Gasteiger partial charge in [-0.15, -0.1) is 0 Å². The Hall–Kier alpha value is -0.870. The highest BCUT2D eigenvalue weighted by atomic mass is 16.2. The first kappa shape index (κ1) is 16.5. The second-order valence-corrected chi connectivity index (χ2v) is 6.60. The fourth-order valence-electron chi connectivity index (χ4n) is 3.54. The number of nitrogens with two attached hydrogens (primary N) is 1. The van der Waals surface area contributed by atoms with Crippen molar-refractivity contribution in [2.75, 3.05) is 19.6 Å². The van der Waals surface area contributed by atoms with E-state index in [0.717, 1.165) is 25.9 Å². The third-order valence-electron chi connectivity index (χ3n) is 4.77. The average Bonchev–Trinajstić information content (AvgIpc) is 2.48. The number of allylic oxidation sites excluding steroid dienone is 1. The number of carbonyl (C=O) groups excluding carboxylic acids is 1. The SMILES string of the molecule is CC(N)C1CCCCN1CC(=O)NCCC1=CCCCC1. The van der Waals surface area contributed by atoms with E-state index < -0.39 is 0 Å². The summed E-state index contributed by atoms with van der Waals surface area (Å²) >= 11 is 0. The van der Waals surface area contributed by atoms with Gasteiger partial charge in [-0.2, -0.15) is 0 Å². The summed E-state index contributed by atoms with van der Waals surface area (Å²) < 4.78 is 0. The molecule has 21 heavy (non-hydrogen) atoms. The number of hydrogen-bond acceptors (Lipinski definition) is 3. The topological polar surface area (TPSA) is 58.4 Å². The minimum absolute atomic E-state index is 0.144. The molecule has 0 aromatic rings. The van der Waals surface area contributed by atoms with E-state index in [1.165, 1.54) is 44.1 Å². The fraction of sp³-hybridized carbons (Fsp3) is 0.824. The highest BCUT2D eigenvalue weighted by Gasteiger charge is 2.26. The molecule has 2 rings (SSSR count). The summed E-state index contributed by atoms with van der Waals surface area (Å²) in [5.74, 6) is 0.152. The largest absolute Gasteiger partial charge is 0.355 e. The predicted octanol–water partition coefficient (Wildman–Crippen LogP) is 2.19. The van der Waals surface area contributed by atoms with Crippen LogP contribution in [0, 0.1) is 0 Å². The molecule has 0 aromatic carbocycles. The first-order valence-corrected chi connectivity index (χ1v) is 8.61. The van der Waals surface area contributed by atoms with Crippen molar-refractivity contribution >= 4 is 5.91 Å². The molecule has 3 N–H and O–H groups in total. The Bertz CT molecular complexity index is 365. The normalized spacial score (nSPS) is 25.2. The van der Waals surface area contributed by atoms with Gasteiger partial charge in [-0.05, 0) is 58.4 Å². The molecule has 1 aliphatic carbocycles. The molecule has 0 bridgehead atoms. The monoisotopic (exact) mass is 293 g/mol. The zero-order valence-electron chi connectivity index (χ0n) is 13.4. The lowest BCUT2D eigenvalue weighted by molar-refractivity contribution is -0.123. The van der Waals surface area contributed by atoms with Crippen molar-refractivity contribution < 1.29 is 4.79 Å². The summed E-state index contributed by atoms with van der Waals surface area (Å²) in [6, 6.07) is 0.510. The van der Waals surface area contributed by atoms with Gasteiger partial charge in [0.05, 0.1) is 6.54 Å². The van der Waals surface area contributed by atoms with E-state index >= 15 is 0 Å². The average molecular weight is 293 g/mol. The van der Waals surface area contributed by atoms with Gasteiger partial charge in [0.2, 0.25) is 5.91 Å². The Morgan fingerprint density at radius 2 is 2.29 bits per heavy atom. The van der Waals surface area contributed by atoms with Gasteiger partial charge in [-0.1, -0.05) is 18.1 Å². The van der Waals surface area contributed by atoms with Crippen molar-refractivity contribution in [1.82, 2.24) is 10.2 Å². The number of rotatable bonds is 6. The van der Waals surface area contributed by atoms with Crippen LogP contribution in [0.2, 0.25) is 0 Å². The number of carbonyl (C=O) groups is 1. The zero-order valence-corrected chi connectivity index (χ0v) is 13.4. The molecule has 2 unspecified atom stereocenters.